The SMILES string of the molecule is CC(N=C1NS(=O)(=O)c2ccccc21)C(=O)OCC(=O)N(CC#N)c1ccccc1. The van der Waals surface area contributed by atoms with Crippen molar-refractivity contribution in [2.45, 2.75) is 17.9 Å². The average molecular weight is 426 g/mol. The van der Waals surface area contributed by atoms with Crippen molar-refractivity contribution in [3.63, 3.8) is 0 Å². The highest BCUT2D eigenvalue weighted by molar-refractivity contribution is 7.90. The topological polar surface area (TPSA) is 129 Å². The van der Waals surface area contributed by atoms with E-state index in [1.54, 1.807) is 48.5 Å². The molecule has 0 bridgehead atoms. The molecule has 0 radical (unpaired) electrons. The molecule has 9 nitrogen and oxygen atoms in total. The van der Waals surface area contributed by atoms with Crippen LogP contribution in [0.5, 0.6) is 0 Å². The van der Waals surface area contributed by atoms with Gasteiger partial charge in [0.2, 0.25) is 0 Å². The van der Waals surface area contributed by atoms with Crippen LogP contribution in [-0.4, -0.2) is 45.3 Å². The van der Waals surface area contributed by atoms with Crippen molar-refractivity contribution in [3.05, 3.63) is 60.2 Å². The van der Waals surface area contributed by atoms with Crippen molar-refractivity contribution < 1.29 is 22.7 Å². The zero-order chi connectivity index (χ0) is 21.7. The molecule has 0 aromatic heterocycles. The molecule has 0 aliphatic carbocycles. The van der Waals surface area contributed by atoms with Crippen LogP contribution in [0, 0.1) is 11.3 Å². The van der Waals surface area contributed by atoms with E-state index >= 15 is 0 Å². The number of amides is 1. The molecular formula is C20H18N4O5S. The minimum atomic E-state index is -3.72. The number of aliphatic imine (C=N–C) groups is 1. The Balaban J connectivity index is 1.67. The van der Waals surface area contributed by atoms with E-state index in [4.69, 9.17) is 10.00 Å². The number of carbonyl (C=O) groups excluding carboxylic acids is 2. The summed E-state index contributed by atoms with van der Waals surface area (Å²) in [5, 5.41) is 8.97. The second kappa shape index (κ2) is 8.75. The van der Waals surface area contributed by atoms with E-state index in [1.165, 1.54) is 17.9 Å². The van der Waals surface area contributed by atoms with E-state index < -0.39 is 34.5 Å². The largest absolute Gasteiger partial charge is 0.454 e. The van der Waals surface area contributed by atoms with Gasteiger partial charge >= 0.3 is 5.97 Å². The van der Waals surface area contributed by atoms with Crippen LogP contribution in [0.15, 0.2) is 64.5 Å². The highest BCUT2D eigenvalue weighted by Crippen LogP contribution is 2.22. The van der Waals surface area contributed by atoms with Gasteiger partial charge in [0, 0.05) is 11.3 Å². The van der Waals surface area contributed by atoms with Gasteiger partial charge in [-0.15, -0.1) is 0 Å². The third kappa shape index (κ3) is 4.47. The highest BCUT2D eigenvalue weighted by atomic mass is 32.2. The molecule has 2 aromatic carbocycles. The Morgan fingerprint density at radius 2 is 1.83 bits per heavy atom. The summed E-state index contributed by atoms with van der Waals surface area (Å²) in [5.74, 6) is -1.33. The number of rotatable bonds is 6. The zero-order valence-electron chi connectivity index (χ0n) is 16.0. The molecule has 1 aliphatic heterocycles. The third-order valence-corrected chi connectivity index (χ3v) is 5.66. The van der Waals surface area contributed by atoms with Crippen LogP contribution in [-0.2, 0) is 24.3 Å². The minimum Gasteiger partial charge on any atom is -0.454 e. The van der Waals surface area contributed by atoms with Crippen LogP contribution in [0.1, 0.15) is 12.5 Å². The van der Waals surface area contributed by atoms with E-state index in [1.807, 2.05) is 6.07 Å². The number of benzene rings is 2. The summed E-state index contributed by atoms with van der Waals surface area (Å²) in [6.45, 7) is 0.656. The van der Waals surface area contributed by atoms with Gasteiger partial charge in [-0.05, 0) is 31.2 Å². The molecule has 1 N–H and O–H groups in total. The Bertz CT molecular complexity index is 1140. The predicted molar refractivity (Wildman–Crippen MR) is 108 cm³/mol. The summed E-state index contributed by atoms with van der Waals surface area (Å²) in [4.78, 5) is 30.1. The summed E-state index contributed by atoms with van der Waals surface area (Å²) >= 11 is 0. The summed E-state index contributed by atoms with van der Waals surface area (Å²) in [6.07, 6.45) is 0. The standard InChI is InChI=1S/C20H18N4O5S/c1-14(22-19-16-9-5-6-10-17(16)30(27,28)23-19)20(26)29-13-18(25)24(12-11-21)15-7-3-2-4-8-15/h2-10,14H,12-13H2,1H3,(H,22,23). The molecule has 0 fully saturated rings. The number of anilines is 1. The first-order valence-electron chi connectivity index (χ1n) is 8.92. The van der Waals surface area contributed by atoms with Gasteiger partial charge in [-0.25, -0.2) is 13.2 Å². The fourth-order valence-electron chi connectivity index (χ4n) is 2.81. The first-order valence-corrected chi connectivity index (χ1v) is 10.4. The lowest BCUT2D eigenvalue weighted by atomic mass is 10.2. The van der Waals surface area contributed by atoms with Crippen molar-refractivity contribution in [1.29, 1.82) is 5.26 Å². The van der Waals surface area contributed by atoms with Crippen molar-refractivity contribution in [1.82, 2.24) is 4.72 Å². The number of amidine groups is 1. The molecule has 0 saturated heterocycles. The number of sulfonamides is 1. The van der Waals surface area contributed by atoms with Crippen LogP contribution in [0.25, 0.3) is 0 Å². The van der Waals surface area contributed by atoms with Gasteiger partial charge in [0.1, 0.15) is 18.4 Å². The van der Waals surface area contributed by atoms with Gasteiger partial charge < -0.3 is 4.74 Å². The molecule has 3 rings (SSSR count). The number of hydrogen-bond donors (Lipinski definition) is 1. The average Bonchev–Trinajstić information content (AvgIpc) is 3.00. The van der Waals surface area contributed by atoms with E-state index in [9.17, 15) is 18.0 Å². The summed E-state index contributed by atoms with van der Waals surface area (Å²) in [5.41, 5.74) is 0.864. The molecule has 1 amide bonds. The monoisotopic (exact) mass is 426 g/mol. The van der Waals surface area contributed by atoms with Gasteiger partial charge in [0.15, 0.2) is 6.61 Å². The fraction of sp³-hybridized carbons (Fsp3) is 0.200. The molecule has 10 heteroatoms. The second-order valence-corrected chi connectivity index (χ2v) is 7.99. The fourth-order valence-corrected chi connectivity index (χ4v) is 4.05. The summed E-state index contributed by atoms with van der Waals surface area (Å²) in [7, 11) is -3.72. The van der Waals surface area contributed by atoms with Crippen molar-refractivity contribution in [2.75, 3.05) is 18.1 Å². The molecule has 154 valence electrons. The van der Waals surface area contributed by atoms with Gasteiger partial charge in [-0.1, -0.05) is 30.3 Å². The molecule has 1 aliphatic rings. The van der Waals surface area contributed by atoms with Gasteiger partial charge in [-0.3, -0.25) is 19.4 Å². The van der Waals surface area contributed by atoms with Gasteiger partial charge in [0.25, 0.3) is 15.9 Å². The molecule has 0 spiro atoms. The Labute approximate surface area is 173 Å². The number of nitrogens with one attached hydrogen (secondary N) is 1. The van der Waals surface area contributed by atoms with Crippen molar-refractivity contribution >= 4 is 33.4 Å². The normalized spacial score (nSPS) is 16.1. The number of nitrogens with zero attached hydrogens (tertiary/aromatic N) is 3. The Hall–Kier alpha value is -3.71. The predicted octanol–water partition coefficient (Wildman–Crippen LogP) is 1.21. The van der Waals surface area contributed by atoms with Crippen LogP contribution in [0.4, 0.5) is 5.69 Å². The van der Waals surface area contributed by atoms with Crippen LogP contribution < -0.4 is 9.62 Å². The van der Waals surface area contributed by atoms with Crippen LogP contribution in [0.2, 0.25) is 0 Å². The number of ether oxygens (including phenoxy) is 1. The lowest BCUT2D eigenvalue weighted by molar-refractivity contribution is -0.148. The second-order valence-electron chi connectivity index (χ2n) is 6.34. The Morgan fingerprint density at radius 3 is 2.53 bits per heavy atom. The van der Waals surface area contributed by atoms with E-state index in [-0.39, 0.29) is 17.3 Å². The molecular weight excluding hydrogens is 408 g/mol. The third-order valence-electron chi connectivity index (χ3n) is 4.26. The minimum absolute atomic E-state index is 0.0387. The summed E-state index contributed by atoms with van der Waals surface area (Å²) in [6, 6.07) is 15.6. The number of carbonyl (C=O) groups is 2. The number of para-hydroxylation sites is 1. The number of fused-ring (bicyclic) bond motifs is 1. The molecule has 1 atom stereocenters. The first kappa shape index (κ1) is 21.0. The molecule has 30 heavy (non-hydrogen) atoms. The van der Waals surface area contributed by atoms with Gasteiger partial charge in [0.05, 0.1) is 11.0 Å². The van der Waals surface area contributed by atoms with Crippen LogP contribution >= 0.6 is 0 Å². The maximum Gasteiger partial charge on any atom is 0.331 e. The van der Waals surface area contributed by atoms with Gasteiger partial charge in [-0.2, -0.15) is 5.26 Å². The Kier molecular flexibility index (Phi) is 6.13. The Morgan fingerprint density at radius 1 is 1.17 bits per heavy atom. The molecule has 2 aromatic rings. The number of esters is 1. The first-order chi connectivity index (χ1) is 14.3. The van der Waals surface area contributed by atoms with Crippen molar-refractivity contribution in [2.24, 2.45) is 4.99 Å². The van der Waals surface area contributed by atoms with E-state index in [2.05, 4.69) is 9.71 Å². The number of nitriles is 1. The highest BCUT2D eigenvalue weighted by Gasteiger charge is 2.31. The lowest BCUT2D eigenvalue weighted by Crippen LogP contribution is -2.36. The number of hydrogen-bond acceptors (Lipinski definition) is 7. The molecule has 1 unspecified atom stereocenters. The quantitative estimate of drug-likeness (QED) is 0.546. The van der Waals surface area contributed by atoms with E-state index in [0.717, 1.165) is 0 Å². The molecule has 1 heterocycles. The van der Waals surface area contributed by atoms with Crippen molar-refractivity contribution in [3.8, 4) is 6.07 Å². The summed E-state index contributed by atoms with van der Waals surface area (Å²) < 4.78 is 31.6. The van der Waals surface area contributed by atoms with E-state index in [0.29, 0.717) is 11.3 Å². The lowest BCUT2D eigenvalue weighted by Gasteiger charge is -2.19. The van der Waals surface area contributed by atoms with Crippen LogP contribution in [0.3, 0.4) is 0 Å². The maximum atomic E-state index is 12.4. The smallest absolute Gasteiger partial charge is 0.331 e. The maximum absolute atomic E-state index is 12.4. The molecule has 0 saturated carbocycles. The zero-order valence-corrected chi connectivity index (χ0v) is 16.8.